The largest absolute Gasteiger partial charge is 0.465 e. The number of aromatic nitrogens is 1. The third kappa shape index (κ3) is 4.42. The molecule has 9 heteroatoms. The Morgan fingerprint density at radius 2 is 1.88 bits per heavy atom. The first kappa shape index (κ1) is 19.5. The van der Waals surface area contributed by atoms with Crippen LogP contribution in [0.3, 0.4) is 0 Å². The lowest BCUT2D eigenvalue weighted by atomic mass is 10.1. The van der Waals surface area contributed by atoms with Gasteiger partial charge in [0.1, 0.15) is 5.69 Å². The number of carbonyl (C=O) groups is 2. The topological polar surface area (TPSA) is 117 Å². The Labute approximate surface area is 152 Å². The number of carbonyl (C=O) groups excluding carboxylic acids is 2. The van der Waals surface area contributed by atoms with E-state index in [2.05, 4.69) is 15.0 Å². The van der Waals surface area contributed by atoms with Crippen molar-refractivity contribution in [1.82, 2.24) is 4.98 Å². The van der Waals surface area contributed by atoms with Crippen molar-refractivity contribution in [2.45, 2.75) is 20.3 Å². The van der Waals surface area contributed by atoms with Gasteiger partial charge in [0.2, 0.25) is 10.0 Å². The first-order chi connectivity index (χ1) is 12.2. The molecule has 1 heterocycles. The molecule has 0 spiro atoms. The van der Waals surface area contributed by atoms with Crippen LogP contribution in [-0.2, 0) is 21.2 Å². The number of amides is 1. The summed E-state index contributed by atoms with van der Waals surface area (Å²) in [7, 11) is -2.13. The van der Waals surface area contributed by atoms with Gasteiger partial charge in [0.05, 0.1) is 24.6 Å². The molecule has 0 fully saturated rings. The van der Waals surface area contributed by atoms with Crippen molar-refractivity contribution < 1.29 is 22.7 Å². The fourth-order valence-electron chi connectivity index (χ4n) is 2.60. The van der Waals surface area contributed by atoms with Crippen molar-refractivity contribution in [3.05, 3.63) is 46.8 Å². The van der Waals surface area contributed by atoms with Gasteiger partial charge in [0.15, 0.2) is 0 Å². The Morgan fingerprint density at radius 3 is 2.46 bits per heavy atom. The van der Waals surface area contributed by atoms with Gasteiger partial charge in [-0.05, 0) is 37.1 Å². The molecule has 0 aliphatic heterocycles. The van der Waals surface area contributed by atoms with Gasteiger partial charge in [-0.2, -0.15) is 0 Å². The van der Waals surface area contributed by atoms with Gasteiger partial charge in [-0.15, -0.1) is 0 Å². The van der Waals surface area contributed by atoms with Gasteiger partial charge in [0, 0.05) is 11.4 Å². The summed E-state index contributed by atoms with van der Waals surface area (Å²) in [6.45, 7) is 3.53. The molecule has 2 rings (SSSR count). The zero-order chi connectivity index (χ0) is 19.5. The number of anilines is 2. The zero-order valence-corrected chi connectivity index (χ0v) is 15.8. The fraction of sp³-hybridized carbons (Fsp3) is 0.294. The van der Waals surface area contributed by atoms with E-state index in [-0.39, 0.29) is 5.69 Å². The number of nitrogens with one attached hydrogen (secondary N) is 3. The second-order valence-electron chi connectivity index (χ2n) is 5.73. The number of hydrogen-bond donors (Lipinski definition) is 3. The lowest BCUT2D eigenvalue weighted by Gasteiger charge is -2.08. The highest BCUT2D eigenvalue weighted by molar-refractivity contribution is 7.92. The summed E-state index contributed by atoms with van der Waals surface area (Å²) >= 11 is 0. The molecule has 3 N–H and O–H groups in total. The van der Waals surface area contributed by atoms with E-state index in [1.807, 2.05) is 6.92 Å². The van der Waals surface area contributed by atoms with Gasteiger partial charge in [0.25, 0.3) is 5.91 Å². The summed E-state index contributed by atoms with van der Waals surface area (Å²) in [5.74, 6) is -0.946. The molecule has 0 saturated carbocycles. The van der Waals surface area contributed by atoms with Crippen molar-refractivity contribution in [1.29, 1.82) is 0 Å². The Balaban J connectivity index is 2.30. The molecule has 1 amide bonds. The summed E-state index contributed by atoms with van der Waals surface area (Å²) in [6, 6.07) is 6.31. The first-order valence-corrected chi connectivity index (χ1v) is 9.74. The fourth-order valence-corrected chi connectivity index (χ4v) is 3.15. The summed E-state index contributed by atoms with van der Waals surface area (Å²) in [4.78, 5) is 27.5. The maximum absolute atomic E-state index is 12.6. The summed E-state index contributed by atoms with van der Waals surface area (Å²) in [6.07, 6.45) is 1.58. The standard InChI is InChI=1S/C17H21N3O5S/c1-5-13-14(17(22)25-3)10(2)15(19-13)16(21)18-11-7-6-8-12(9-11)20-26(4,23)24/h6-9,19-20H,5H2,1-4H3,(H,18,21). The van der Waals surface area contributed by atoms with Gasteiger partial charge >= 0.3 is 5.97 Å². The highest BCUT2D eigenvalue weighted by Crippen LogP contribution is 2.22. The highest BCUT2D eigenvalue weighted by Gasteiger charge is 2.23. The van der Waals surface area contributed by atoms with E-state index in [9.17, 15) is 18.0 Å². The maximum Gasteiger partial charge on any atom is 0.339 e. The van der Waals surface area contributed by atoms with Crippen LogP contribution in [-0.4, -0.2) is 38.6 Å². The molecule has 26 heavy (non-hydrogen) atoms. The average Bonchev–Trinajstić information content (AvgIpc) is 2.89. The van der Waals surface area contributed by atoms with E-state index in [4.69, 9.17) is 4.74 Å². The van der Waals surface area contributed by atoms with E-state index in [0.717, 1.165) is 6.26 Å². The van der Waals surface area contributed by atoms with Crippen LogP contribution in [0.25, 0.3) is 0 Å². The molecular formula is C17H21N3O5S. The number of ether oxygens (including phenoxy) is 1. The third-order valence-corrected chi connectivity index (χ3v) is 4.33. The van der Waals surface area contributed by atoms with Crippen molar-refractivity contribution in [2.75, 3.05) is 23.4 Å². The van der Waals surface area contributed by atoms with E-state index in [1.54, 1.807) is 25.1 Å². The predicted octanol–water partition coefficient (Wildman–Crippen LogP) is 2.30. The minimum Gasteiger partial charge on any atom is -0.465 e. The normalized spacial score (nSPS) is 11.1. The van der Waals surface area contributed by atoms with E-state index < -0.39 is 21.9 Å². The van der Waals surface area contributed by atoms with Crippen molar-refractivity contribution in [3.63, 3.8) is 0 Å². The Kier molecular flexibility index (Phi) is 5.71. The second-order valence-corrected chi connectivity index (χ2v) is 7.48. The summed E-state index contributed by atoms with van der Waals surface area (Å²) < 4.78 is 29.8. The molecule has 0 saturated heterocycles. The molecule has 0 bridgehead atoms. The Morgan fingerprint density at radius 1 is 1.23 bits per heavy atom. The van der Waals surface area contributed by atoms with E-state index in [0.29, 0.717) is 34.6 Å². The molecule has 1 aromatic carbocycles. The number of sulfonamides is 1. The lowest BCUT2D eigenvalue weighted by Crippen LogP contribution is -2.15. The number of methoxy groups -OCH3 is 1. The molecular weight excluding hydrogens is 358 g/mol. The predicted molar refractivity (Wildman–Crippen MR) is 99.1 cm³/mol. The van der Waals surface area contributed by atoms with Crippen LogP contribution >= 0.6 is 0 Å². The van der Waals surface area contributed by atoms with Crippen LogP contribution in [0.2, 0.25) is 0 Å². The van der Waals surface area contributed by atoms with Crippen molar-refractivity contribution in [2.24, 2.45) is 0 Å². The monoisotopic (exact) mass is 379 g/mol. The SMILES string of the molecule is CCc1[nH]c(C(=O)Nc2cccc(NS(C)(=O)=O)c2)c(C)c1C(=O)OC. The second kappa shape index (κ2) is 7.61. The maximum atomic E-state index is 12.6. The average molecular weight is 379 g/mol. The Bertz CT molecular complexity index is 947. The molecule has 140 valence electrons. The van der Waals surface area contributed by atoms with Gasteiger partial charge in [-0.3, -0.25) is 9.52 Å². The van der Waals surface area contributed by atoms with E-state index >= 15 is 0 Å². The molecule has 0 unspecified atom stereocenters. The number of benzene rings is 1. The molecule has 1 aromatic heterocycles. The Hall–Kier alpha value is -2.81. The van der Waals surface area contributed by atoms with E-state index in [1.165, 1.54) is 13.2 Å². The zero-order valence-electron chi connectivity index (χ0n) is 15.0. The number of aromatic amines is 1. The van der Waals surface area contributed by atoms with Crippen LogP contribution in [0.1, 0.15) is 39.0 Å². The van der Waals surface area contributed by atoms with Crippen LogP contribution in [0.5, 0.6) is 0 Å². The first-order valence-electron chi connectivity index (χ1n) is 7.85. The minimum absolute atomic E-state index is 0.253. The van der Waals surface area contributed by atoms with Crippen molar-refractivity contribution >= 4 is 33.3 Å². The van der Waals surface area contributed by atoms with Crippen LogP contribution in [0, 0.1) is 6.92 Å². The highest BCUT2D eigenvalue weighted by atomic mass is 32.2. The lowest BCUT2D eigenvalue weighted by molar-refractivity contribution is 0.0599. The smallest absolute Gasteiger partial charge is 0.339 e. The minimum atomic E-state index is -3.42. The number of esters is 1. The summed E-state index contributed by atoms with van der Waals surface area (Å²) in [5, 5.41) is 2.69. The molecule has 8 nitrogen and oxygen atoms in total. The molecule has 2 aromatic rings. The van der Waals surface area contributed by atoms with Crippen LogP contribution < -0.4 is 10.0 Å². The molecule has 0 radical (unpaired) electrons. The van der Waals surface area contributed by atoms with Crippen LogP contribution in [0.4, 0.5) is 11.4 Å². The quantitative estimate of drug-likeness (QED) is 0.666. The van der Waals surface area contributed by atoms with Crippen LogP contribution in [0.15, 0.2) is 24.3 Å². The third-order valence-electron chi connectivity index (χ3n) is 3.72. The molecule has 0 aliphatic carbocycles. The number of H-pyrrole nitrogens is 1. The van der Waals surface area contributed by atoms with Gasteiger partial charge in [-0.25, -0.2) is 13.2 Å². The molecule has 0 atom stereocenters. The van der Waals surface area contributed by atoms with Gasteiger partial charge < -0.3 is 15.0 Å². The number of aryl methyl sites for hydroxylation is 1. The number of hydrogen-bond acceptors (Lipinski definition) is 5. The number of rotatable bonds is 6. The van der Waals surface area contributed by atoms with Gasteiger partial charge in [-0.1, -0.05) is 13.0 Å². The van der Waals surface area contributed by atoms with Crippen molar-refractivity contribution in [3.8, 4) is 0 Å². The summed E-state index contributed by atoms with van der Waals surface area (Å²) in [5.41, 5.74) is 2.47. The molecule has 0 aliphatic rings.